The molecule has 0 aliphatic rings. The normalized spacial score (nSPS) is 10.5. The van der Waals surface area contributed by atoms with Gasteiger partial charge in [-0.1, -0.05) is 60.7 Å². The van der Waals surface area contributed by atoms with Crippen LogP contribution in [-0.4, -0.2) is 16.7 Å². The van der Waals surface area contributed by atoms with Gasteiger partial charge < -0.3 is 10.8 Å². The van der Waals surface area contributed by atoms with Gasteiger partial charge in [-0.3, -0.25) is 9.59 Å². The standard InChI is InChI=1S/C22H19NO3/c1-13-17(20(24)15-9-5-3-6-10-15)22(26)18(14(2)19(13)23)21(25)16-11-7-4-8-12-16/h3-12,26H,23H2,1-2H3. The molecule has 3 rings (SSSR count). The molecule has 3 aromatic rings. The molecule has 0 heterocycles. The number of carbonyl (C=O) groups is 2. The molecule has 0 aliphatic carbocycles. The van der Waals surface area contributed by atoms with Crippen molar-refractivity contribution in [2.75, 3.05) is 5.73 Å². The van der Waals surface area contributed by atoms with E-state index in [9.17, 15) is 14.7 Å². The Hall–Kier alpha value is -3.40. The fraction of sp³-hybridized carbons (Fsp3) is 0.0909. The van der Waals surface area contributed by atoms with Crippen molar-refractivity contribution >= 4 is 17.3 Å². The summed E-state index contributed by atoms with van der Waals surface area (Å²) in [7, 11) is 0. The van der Waals surface area contributed by atoms with Crippen LogP contribution in [0.1, 0.15) is 43.0 Å². The zero-order valence-corrected chi connectivity index (χ0v) is 14.6. The Labute approximate surface area is 151 Å². The minimum atomic E-state index is -0.366. The largest absolute Gasteiger partial charge is 0.506 e. The molecular formula is C22H19NO3. The summed E-state index contributed by atoms with van der Waals surface area (Å²) in [6.45, 7) is 3.35. The highest BCUT2D eigenvalue weighted by atomic mass is 16.3. The van der Waals surface area contributed by atoms with Gasteiger partial charge in [-0.25, -0.2) is 0 Å². The molecule has 0 aromatic heterocycles. The first kappa shape index (κ1) is 17.4. The van der Waals surface area contributed by atoms with Gasteiger partial charge in [0.1, 0.15) is 5.75 Å². The van der Waals surface area contributed by atoms with Crippen molar-refractivity contribution in [3.63, 3.8) is 0 Å². The highest BCUT2D eigenvalue weighted by Crippen LogP contribution is 2.37. The Morgan fingerprint density at radius 3 is 1.42 bits per heavy atom. The van der Waals surface area contributed by atoms with Crippen LogP contribution in [0, 0.1) is 13.8 Å². The molecule has 0 aliphatic heterocycles. The topological polar surface area (TPSA) is 80.4 Å². The van der Waals surface area contributed by atoms with Crippen molar-refractivity contribution < 1.29 is 14.7 Å². The lowest BCUT2D eigenvalue weighted by Gasteiger charge is -2.17. The Balaban J connectivity index is 2.23. The van der Waals surface area contributed by atoms with E-state index in [-0.39, 0.29) is 28.4 Å². The van der Waals surface area contributed by atoms with Crippen molar-refractivity contribution in [1.82, 2.24) is 0 Å². The first-order valence-electron chi connectivity index (χ1n) is 8.24. The summed E-state index contributed by atoms with van der Waals surface area (Å²) in [5.41, 5.74) is 8.43. The van der Waals surface area contributed by atoms with Gasteiger partial charge >= 0.3 is 0 Å². The molecule has 0 atom stereocenters. The van der Waals surface area contributed by atoms with Crippen molar-refractivity contribution in [1.29, 1.82) is 0 Å². The fourth-order valence-electron chi connectivity index (χ4n) is 3.05. The summed E-state index contributed by atoms with van der Waals surface area (Å²) in [6, 6.07) is 17.2. The molecule has 3 N–H and O–H groups in total. The lowest BCUT2D eigenvalue weighted by atomic mass is 9.88. The molecule has 0 fully saturated rings. The predicted molar refractivity (Wildman–Crippen MR) is 102 cm³/mol. The van der Waals surface area contributed by atoms with E-state index in [1.165, 1.54) is 0 Å². The minimum Gasteiger partial charge on any atom is -0.506 e. The lowest BCUT2D eigenvalue weighted by Crippen LogP contribution is -2.13. The number of rotatable bonds is 4. The van der Waals surface area contributed by atoms with Crippen LogP contribution in [0.4, 0.5) is 5.69 Å². The van der Waals surface area contributed by atoms with Crippen molar-refractivity contribution in [3.05, 3.63) is 94.0 Å². The van der Waals surface area contributed by atoms with Crippen LogP contribution in [0.5, 0.6) is 5.75 Å². The molecule has 0 unspecified atom stereocenters. The summed E-state index contributed by atoms with van der Waals surface area (Å²) in [5.74, 6) is -1.05. The number of hydrogen-bond donors (Lipinski definition) is 2. The van der Waals surface area contributed by atoms with Crippen molar-refractivity contribution in [3.8, 4) is 5.75 Å². The highest BCUT2D eigenvalue weighted by molar-refractivity contribution is 6.18. The molecule has 4 heteroatoms. The Bertz CT molecular complexity index is 914. The number of ketones is 2. The molecule has 0 amide bonds. The lowest BCUT2D eigenvalue weighted by molar-refractivity contribution is 0.103. The van der Waals surface area contributed by atoms with Crippen LogP contribution in [0.2, 0.25) is 0 Å². The third-order valence-corrected chi connectivity index (χ3v) is 4.56. The summed E-state index contributed by atoms with van der Waals surface area (Å²) in [5, 5.41) is 10.8. The molecule has 130 valence electrons. The summed E-state index contributed by atoms with van der Waals surface area (Å²) >= 11 is 0. The number of anilines is 1. The van der Waals surface area contributed by atoms with Gasteiger partial charge in [0, 0.05) is 16.8 Å². The van der Waals surface area contributed by atoms with Crippen LogP contribution < -0.4 is 5.73 Å². The summed E-state index contributed by atoms with van der Waals surface area (Å²) in [4.78, 5) is 25.9. The fourth-order valence-corrected chi connectivity index (χ4v) is 3.05. The number of aromatic hydroxyl groups is 1. The van der Waals surface area contributed by atoms with Gasteiger partial charge in [0.15, 0.2) is 11.6 Å². The average molecular weight is 345 g/mol. The molecule has 0 saturated heterocycles. The summed E-state index contributed by atoms with van der Waals surface area (Å²) < 4.78 is 0. The van der Waals surface area contributed by atoms with Gasteiger partial charge in [0.05, 0.1) is 11.1 Å². The molecule has 26 heavy (non-hydrogen) atoms. The van der Waals surface area contributed by atoms with E-state index in [1.54, 1.807) is 74.5 Å². The predicted octanol–water partition coefficient (Wildman–Crippen LogP) is 4.05. The van der Waals surface area contributed by atoms with Crippen LogP contribution in [0.25, 0.3) is 0 Å². The van der Waals surface area contributed by atoms with Gasteiger partial charge in [0.25, 0.3) is 0 Å². The zero-order valence-electron chi connectivity index (χ0n) is 14.6. The second-order valence-electron chi connectivity index (χ2n) is 6.15. The van der Waals surface area contributed by atoms with Gasteiger partial charge in [-0.15, -0.1) is 0 Å². The van der Waals surface area contributed by atoms with Crippen molar-refractivity contribution in [2.24, 2.45) is 0 Å². The Kier molecular flexibility index (Phi) is 4.59. The molecule has 0 bridgehead atoms. The quantitative estimate of drug-likeness (QED) is 0.425. The number of nitrogen functional groups attached to an aromatic ring is 1. The average Bonchev–Trinajstić information content (AvgIpc) is 2.67. The number of benzene rings is 3. The van der Waals surface area contributed by atoms with Crippen molar-refractivity contribution in [2.45, 2.75) is 13.8 Å². The molecule has 0 saturated carbocycles. The van der Waals surface area contributed by atoms with Crippen LogP contribution in [0.3, 0.4) is 0 Å². The SMILES string of the molecule is Cc1c(N)c(C)c(C(=O)c2ccccc2)c(O)c1C(=O)c1ccccc1. The minimum absolute atomic E-state index is 0.0681. The van der Waals surface area contributed by atoms with Crippen LogP contribution in [0.15, 0.2) is 60.7 Å². The van der Waals surface area contributed by atoms with E-state index in [4.69, 9.17) is 5.73 Å². The van der Waals surface area contributed by atoms with Gasteiger partial charge in [0.2, 0.25) is 0 Å². The maximum Gasteiger partial charge on any atom is 0.197 e. The van der Waals surface area contributed by atoms with E-state index in [0.29, 0.717) is 27.9 Å². The van der Waals surface area contributed by atoms with Crippen LogP contribution >= 0.6 is 0 Å². The third-order valence-electron chi connectivity index (χ3n) is 4.56. The van der Waals surface area contributed by atoms with E-state index in [2.05, 4.69) is 0 Å². The second kappa shape index (κ2) is 6.84. The third kappa shape index (κ3) is 2.86. The van der Waals surface area contributed by atoms with Crippen LogP contribution in [-0.2, 0) is 0 Å². The molecule has 4 nitrogen and oxygen atoms in total. The number of phenolic OH excluding ortho intramolecular Hbond substituents is 1. The molecule has 3 aromatic carbocycles. The van der Waals surface area contributed by atoms with Gasteiger partial charge in [-0.2, -0.15) is 0 Å². The van der Waals surface area contributed by atoms with E-state index >= 15 is 0 Å². The van der Waals surface area contributed by atoms with E-state index < -0.39 is 0 Å². The monoisotopic (exact) mass is 345 g/mol. The molecule has 0 spiro atoms. The zero-order chi connectivity index (χ0) is 18.8. The second-order valence-corrected chi connectivity index (χ2v) is 6.15. The molecule has 0 radical (unpaired) electrons. The van der Waals surface area contributed by atoms with Gasteiger partial charge in [-0.05, 0) is 25.0 Å². The maximum atomic E-state index is 12.9. The Morgan fingerprint density at radius 2 is 1.08 bits per heavy atom. The number of hydrogen-bond acceptors (Lipinski definition) is 4. The molecular weight excluding hydrogens is 326 g/mol. The summed E-state index contributed by atoms with van der Waals surface area (Å²) in [6.07, 6.45) is 0. The van der Waals surface area contributed by atoms with E-state index in [0.717, 1.165) is 0 Å². The number of carbonyl (C=O) groups excluding carboxylic acids is 2. The Morgan fingerprint density at radius 1 is 0.731 bits per heavy atom. The number of nitrogens with two attached hydrogens (primary N) is 1. The maximum absolute atomic E-state index is 12.9. The smallest absolute Gasteiger partial charge is 0.197 e. The highest BCUT2D eigenvalue weighted by Gasteiger charge is 2.27. The first-order valence-corrected chi connectivity index (χ1v) is 8.24. The first-order chi connectivity index (χ1) is 12.4. The number of phenols is 1. The van der Waals surface area contributed by atoms with E-state index in [1.807, 2.05) is 0 Å².